The van der Waals surface area contributed by atoms with Gasteiger partial charge in [0.15, 0.2) is 0 Å². The lowest BCUT2D eigenvalue weighted by Gasteiger charge is -2.26. The lowest BCUT2D eigenvalue weighted by molar-refractivity contribution is -0.147. The zero-order valence-electron chi connectivity index (χ0n) is 11.1. The molecule has 4 nitrogen and oxygen atoms in total. The Morgan fingerprint density at radius 3 is 2.12 bits per heavy atom. The standard InChI is InChI=1S/C12H23NO3/c1-7-8(2)9(10(14)16-6)13-11(15)12(3,4)5/h8-9H,7H2,1-6H3,(H,13,15)/t8-,9+/m1/s1. The molecule has 16 heavy (non-hydrogen) atoms. The first-order valence-electron chi connectivity index (χ1n) is 5.62. The number of carbonyl (C=O) groups is 2. The van der Waals surface area contributed by atoms with Crippen LogP contribution in [0.1, 0.15) is 41.0 Å². The summed E-state index contributed by atoms with van der Waals surface area (Å²) in [5.41, 5.74) is -0.500. The quantitative estimate of drug-likeness (QED) is 0.747. The Bertz CT molecular complexity index is 255. The first kappa shape index (κ1) is 14.9. The van der Waals surface area contributed by atoms with Crippen LogP contribution in [0.2, 0.25) is 0 Å². The van der Waals surface area contributed by atoms with Crippen molar-refractivity contribution >= 4 is 11.9 Å². The number of carbonyl (C=O) groups excluding carboxylic acids is 2. The highest BCUT2D eigenvalue weighted by Crippen LogP contribution is 2.16. The van der Waals surface area contributed by atoms with Gasteiger partial charge in [0.05, 0.1) is 7.11 Å². The molecule has 0 unspecified atom stereocenters. The monoisotopic (exact) mass is 229 g/mol. The van der Waals surface area contributed by atoms with Crippen molar-refractivity contribution in [3.05, 3.63) is 0 Å². The maximum atomic E-state index is 11.8. The minimum absolute atomic E-state index is 0.0683. The normalized spacial score (nSPS) is 15.1. The summed E-state index contributed by atoms with van der Waals surface area (Å²) in [6, 6.07) is -0.554. The van der Waals surface area contributed by atoms with Gasteiger partial charge < -0.3 is 10.1 Å². The number of methoxy groups -OCH3 is 1. The predicted molar refractivity (Wildman–Crippen MR) is 62.9 cm³/mol. The summed E-state index contributed by atoms with van der Waals surface area (Å²) in [5, 5.41) is 2.74. The molecule has 0 aromatic heterocycles. The van der Waals surface area contributed by atoms with Crippen LogP contribution in [-0.2, 0) is 14.3 Å². The zero-order chi connectivity index (χ0) is 12.9. The highest BCUT2D eigenvalue weighted by atomic mass is 16.5. The van der Waals surface area contributed by atoms with Gasteiger partial charge in [-0.2, -0.15) is 0 Å². The maximum Gasteiger partial charge on any atom is 0.328 e. The molecule has 0 saturated carbocycles. The molecule has 0 saturated heterocycles. The van der Waals surface area contributed by atoms with Crippen molar-refractivity contribution in [2.75, 3.05) is 7.11 Å². The van der Waals surface area contributed by atoms with Crippen LogP contribution in [-0.4, -0.2) is 25.0 Å². The van der Waals surface area contributed by atoms with E-state index in [1.54, 1.807) is 0 Å². The van der Waals surface area contributed by atoms with Crippen molar-refractivity contribution in [3.8, 4) is 0 Å². The summed E-state index contributed by atoms with van der Waals surface area (Å²) >= 11 is 0. The fourth-order valence-corrected chi connectivity index (χ4v) is 1.15. The largest absolute Gasteiger partial charge is 0.467 e. The van der Waals surface area contributed by atoms with Crippen LogP contribution in [0.25, 0.3) is 0 Å². The first-order valence-corrected chi connectivity index (χ1v) is 5.62. The smallest absolute Gasteiger partial charge is 0.328 e. The Morgan fingerprint density at radius 1 is 1.31 bits per heavy atom. The van der Waals surface area contributed by atoms with Gasteiger partial charge in [-0.1, -0.05) is 41.0 Å². The first-order chi connectivity index (χ1) is 7.23. The van der Waals surface area contributed by atoms with Crippen molar-refractivity contribution in [3.63, 3.8) is 0 Å². The van der Waals surface area contributed by atoms with Gasteiger partial charge in [-0.3, -0.25) is 4.79 Å². The molecule has 0 aliphatic rings. The van der Waals surface area contributed by atoms with Crippen molar-refractivity contribution in [1.82, 2.24) is 5.32 Å². The molecule has 2 atom stereocenters. The molecule has 94 valence electrons. The number of esters is 1. The van der Waals surface area contributed by atoms with Crippen LogP contribution in [0.3, 0.4) is 0 Å². The van der Waals surface area contributed by atoms with Crippen molar-refractivity contribution in [1.29, 1.82) is 0 Å². The number of hydrogen-bond donors (Lipinski definition) is 1. The Kier molecular flexibility index (Phi) is 5.48. The van der Waals surface area contributed by atoms with Gasteiger partial charge in [-0.25, -0.2) is 4.79 Å². The van der Waals surface area contributed by atoms with Crippen molar-refractivity contribution < 1.29 is 14.3 Å². The molecule has 4 heteroatoms. The third kappa shape index (κ3) is 4.21. The average molecular weight is 229 g/mol. The molecular weight excluding hydrogens is 206 g/mol. The van der Waals surface area contributed by atoms with E-state index in [4.69, 9.17) is 4.74 Å². The van der Waals surface area contributed by atoms with Gasteiger partial charge in [0, 0.05) is 5.41 Å². The number of ether oxygens (including phenoxy) is 1. The van der Waals surface area contributed by atoms with Crippen LogP contribution < -0.4 is 5.32 Å². The molecule has 0 spiro atoms. The van der Waals surface area contributed by atoms with E-state index in [-0.39, 0.29) is 17.8 Å². The van der Waals surface area contributed by atoms with Crippen LogP contribution in [0.4, 0.5) is 0 Å². The lowest BCUT2D eigenvalue weighted by atomic mass is 9.93. The van der Waals surface area contributed by atoms with E-state index >= 15 is 0 Å². The summed E-state index contributed by atoms with van der Waals surface area (Å²) in [4.78, 5) is 23.3. The van der Waals surface area contributed by atoms with E-state index in [0.29, 0.717) is 0 Å². The van der Waals surface area contributed by atoms with Gasteiger partial charge in [-0.15, -0.1) is 0 Å². The van der Waals surface area contributed by atoms with Gasteiger partial charge in [0.1, 0.15) is 6.04 Å². The fourth-order valence-electron chi connectivity index (χ4n) is 1.15. The van der Waals surface area contributed by atoms with E-state index in [0.717, 1.165) is 6.42 Å². The molecule has 0 aromatic carbocycles. The summed E-state index contributed by atoms with van der Waals surface area (Å²) < 4.78 is 4.70. The topological polar surface area (TPSA) is 55.4 Å². The van der Waals surface area contributed by atoms with Gasteiger partial charge in [0.25, 0.3) is 0 Å². The zero-order valence-corrected chi connectivity index (χ0v) is 11.1. The molecule has 0 fully saturated rings. The molecule has 0 aliphatic heterocycles. The summed E-state index contributed by atoms with van der Waals surface area (Å²) in [7, 11) is 1.33. The lowest BCUT2D eigenvalue weighted by Crippen LogP contribution is -2.49. The molecule has 0 radical (unpaired) electrons. The third-order valence-corrected chi connectivity index (χ3v) is 2.64. The summed E-state index contributed by atoms with van der Waals surface area (Å²) in [6.45, 7) is 9.34. The molecule has 0 aromatic rings. The highest BCUT2D eigenvalue weighted by Gasteiger charge is 2.30. The molecule has 0 rings (SSSR count). The van der Waals surface area contributed by atoms with E-state index < -0.39 is 11.5 Å². The van der Waals surface area contributed by atoms with Crippen LogP contribution in [0.15, 0.2) is 0 Å². The number of amides is 1. The van der Waals surface area contributed by atoms with Gasteiger partial charge >= 0.3 is 5.97 Å². The number of hydrogen-bond acceptors (Lipinski definition) is 3. The molecule has 0 aliphatic carbocycles. The third-order valence-electron chi connectivity index (χ3n) is 2.64. The second-order valence-electron chi connectivity index (χ2n) is 5.11. The van der Waals surface area contributed by atoms with Crippen molar-refractivity contribution in [2.45, 2.75) is 47.1 Å². The van der Waals surface area contributed by atoms with E-state index in [1.807, 2.05) is 34.6 Å². The predicted octanol–water partition coefficient (Wildman–Crippen LogP) is 1.74. The Morgan fingerprint density at radius 2 is 1.81 bits per heavy atom. The highest BCUT2D eigenvalue weighted by molar-refractivity contribution is 5.87. The van der Waals surface area contributed by atoms with E-state index in [9.17, 15) is 9.59 Å². The molecule has 1 amide bonds. The second kappa shape index (κ2) is 5.87. The van der Waals surface area contributed by atoms with E-state index in [1.165, 1.54) is 7.11 Å². The minimum Gasteiger partial charge on any atom is -0.467 e. The summed E-state index contributed by atoms with van der Waals surface area (Å²) in [6.07, 6.45) is 0.810. The SMILES string of the molecule is CC[C@@H](C)[C@H](NC(=O)C(C)(C)C)C(=O)OC. The summed E-state index contributed by atoms with van der Waals surface area (Å²) in [5.74, 6) is -0.450. The average Bonchev–Trinajstić information content (AvgIpc) is 2.21. The Labute approximate surface area is 97.7 Å². The number of rotatable bonds is 4. The van der Waals surface area contributed by atoms with Crippen molar-refractivity contribution in [2.24, 2.45) is 11.3 Å². The van der Waals surface area contributed by atoms with Crippen LogP contribution >= 0.6 is 0 Å². The number of nitrogens with one attached hydrogen (secondary N) is 1. The van der Waals surface area contributed by atoms with E-state index in [2.05, 4.69) is 5.32 Å². The molecular formula is C12H23NO3. The Hall–Kier alpha value is -1.06. The molecule has 0 heterocycles. The second-order valence-corrected chi connectivity index (χ2v) is 5.11. The van der Waals surface area contributed by atoms with Crippen LogP contribution in [0.5, 0.6) is 0 Å². The Balaban J connectivity index is 4.69. The maximum absolute atomic E-state index is 11.8. The van der Waals surface area contributed by atoms with Gasteiger partial charge in [0.2, 0.25) is 5.91 Å². The molecule has 0 bridgehead atoms. The minimum atomic E-state index is -0.554. The fraction of sp³-hybridized carbons (Fsp3) is 0.833. The van der Waals surface area contributed by atoms with Gasteiger partial charge in [-0.05, 0) is 5.92 Å². The molecule has 1 N–H and O–H groups in total. The van der Waals surface area contributed by atoms with Crippen LogP contribution in [0, 0.1) is 11.3 Å².